The Morgan fingerprint density at radius 3 is 2.70 bits per heavy atom. The van der Waals surface area contributed by atoms with Crippen LogP contribution in [0.2, 0.25) is 0 Å². The lowest BCUT2D eigenvalue weighted by Gasteiger charge is -2.14. The third kappa shape index (κ3) is 5.03. The van der Waals surface area contributed by atoms with Crippen LogP contribution in [0.1, 0.15) is 45.1 Å². The van der Waals surface area contributed by atoms with Crippen LogP contribution >= 0.6 is 0 Å². The van der Waals surface area contributed by atoms with Crippen molar-refractivity contribution in [2.45, 2.75) is 39.5 Å². The largest absolute Gasteiger partial charge is 0.493 e. The first kappa shape index (κ1) is 16.2. The van der Waals surface area contributed by atoms with Crippen LogP contribution in [0.25, 0.3) is 5.57 Å². The van der Waals surface area contributed by atoms with E-state index >= 15 is 0 Å². The smallest absolute Gasteiger partial charge is 0.307 e. The third-order valence-corrected chi connectivity index (χ3v) is 2.79. The highest BCUT2D eigenvalue weighted by Crippen LogP contribution is 2.30. The van der Waals surface area contributed by atoms with E-state index in [2.05, 4.69) is 0 Å². The number of carbonyl (C=O) groups is 1. The molecule has 1 aromatic carbocycles. The topological polar surface area (TPSA) is 46.5 Å². The highest BCUT2D eigenvalue weighted by molar-refractivity contribution is 5.76. The molecule has 0 bridgehead atoms. The number of aliphatic carboxylic acids is 1. The van der Waals surface area contributed by atoms with Crippen molar-refractivity contribution in [1.82, 2.24) is 0 Å². The average molecular weight is 280 g/mol. The second-order valence-corrected chi connectivity index (χ2v) is 4.57. The van der Waals surface area contributed by atoms with Gasteiger partial charge in [0, 0.05) is 5.56 Å². The van der Waals surface area contributed by atoms with Gasteiger partial charge in [-0.15, -0.1) is 0 Å². The Bertz CT molecular complexity index is 481. The number of hydrogen-bond donors (Lipinski definition) is 1. The molecule has 1 N–H and O–H groups in total. The lowest BCUT2D eigenvalue weighted by Crippen LogP contribution is -2.00. The maximum Gasteiger partial charge on any atom is 0.307 e. The van der Waals surface area contributed by atoms with Gasteiger partial charge in [0.15, 0.2) is 0 Å². The molecule has 110 valence electrons. The standard InChI is InChI=1S/C16H21FO3/c1-3-5-12(6-9-16(18)19)14-11-13(17)7-8-15(14)20-10-4-2/h6-8,11H,3-5,9-10H2,1-2H3,(H,18,19)/b12-6+. The van der Waals surface area contributed by atoms with Gasteiger partial charge in [0.25, 0.3) is 0 Å². The Hall–Kier alpha value is -1.84. The van der Waals surface area contributed by atoms with Crippen molar-refractivity contribution >= 4 is 11.5 Å². The minimum atomic E-state index is -0.897. The maximum atomic E-state index is 13.5. The molecule has 0 unspecified atom stereocenters. The molecule has 20 heavy (non-hydrogen) atoms. The quantitative estimate of drug-likeness (QED) is 0.773. The van der Waals surface area contributed by atoms with Crippen LogP contribution in [0.5, 0.6) is 5.75 Å². The predicted molar refractivity (Wildman–Crippen MR) is 77.3 cm³/mol. The number of rotatable bonds is 8. The molecule has 0 aliphatic rings. The first-order valence-electron chi connectivity index (χ1n) is 6.92. The maximum absolute atomic E-state index is 13.5. The molecule has 1 aromatic rings. The summed E-state index contributed by atoms with van der Waals surface area (Å²) in [5, 5.41) is 8.79. The monoisotopic (exact) mass is 280 g/mol. The molecule has 0 aliphatic carbocycles. The van der Waals surface area contributed by atoms with E-state index in [4.69, 9.17) is 9.84 Å². The minimum Gasteiger partial charge on any atom is -0.493 e. The van der Waals surface area contributed by atoms with Crippen molar-refractivity contribution in [3.05, 3.63) is 35.7 Å². The van der Waals surface area contributed by atoms with Gasteiger partial charge in [-0.25, -0.2) is 4.39 Å². The van der Waals surface area contributed by atoms with E-state index in [1.807, 2.05) is 13.8 Å². The van der Waals surface area contributed by atoms with Gasteiger partial charge in [-0.3, -0.25) is 4.79 Å². The molecule has 0 saturated heterocycles. The summed E-state index contributed by atoms with van der Waals surface area (Å²) in [7, 11) is 0. The zero-order valence-electron chi connectivity index (χ0n) is 12.0. The number of carboxylic acid groups (broad SMARTS) is 1. The first-order chi connectivity index (χ1) is 9.58. The second-order valence-electron chi connectivity index (χ2n) is 4.57. The SMILES string of the molecule is CCCOc1ccc(F)cc1/C(=C/CC(=O)O)CCC. The van der Waals surface area contributed by atoms with E-state index in [1.165, 1.54) is 12.1 Å². The fourth-order valence-electron chi connectivity index (χ4n) is 1.92. The van der Waals surface area contributed by atoms with Crippen LogP contribution in [0.3, 0.4) is 0 Å². The number of halogens is 1. The Kier molecular flexibility index (Phi) is 6.77. The van der Waals surface area contributed by atoms with Crippen molar-refractivity contribution in [2.75, 3.05) is 6.61 Å². The normalized spacial score (nSPS) is 11.4. The molecular formula is C16H21FO3. The zero-order chi connectivity index (χ0) is 15.0. The van der Waals surface area contributed by atoms with Crippen LogP contribution < -0.4 is 4.74 Å². The highest BCUT2D eigenvalue weighted by Gasteiger charge is 2.11. The molecule has 0 amide bonds. The summed E-state index contributed by atoms with van der Waals surface area (Å²) in [5.41, 5.74) is 1.47. The molecule has 0 saturated carbocycles. The molecule has 0 atom stereocenters. The van der Waals surface area contributed by atoms with E-state index in [0.29, 0.717) is 24.3 Å². The van der Waals surface area contributed by atoms with Crippen molar-refractivity contribution in [2.24, 2.45) is 0 Å². The van der Waals surface area contributed by atoms with Gasteiger partial charge in [0.2, 0.25) is 0 Å². The number of benzene rings is 1. The van der Waals surface area contributed by atoms with Crippen molar-refractivity contribution < 1.29 is 19.0 Å². The summed E-state index contributed by atoms with van der Waals surface area (Å²) in [6.07, 6.45) is 3.98. The van der Waals surface area contributed by atoms with E-state index in [9.17, 15) is 9.18 Å². The summed E-state index contributed by atoms with van der Waals surface area (Å²) >= 11 is 0. The number of carboxylic acids is 1. The van der Waals surface area contributed by atoms with Crippen LogP contribution in [0.4, 0.5) is 4.39 Å². The fraction of sp³-hybridized carbons (Fsp3) is 0.438. The summed E-state index contributed by atoms with van der Waals surface area (Å²) < 4.78 is 19.1. The summed E-state index contributed by atoms with van der Waals surface area (Å²) in [5.74, 6) is -0.634. The zero-order valence-corrected chi connectivity index (χ0v) is 12.0. The van der Waals surface area contributed by atoms with Gasteiger partial charge >= 0.3 is 5.97 Å². The Balaban J connectivity index is 3.12. The average Bonchev–Trinajstić information content (AvgIpc) is 2.42. The van der Waals surface area contributed by atoms with Crippen LogP contribution in [0, 0.1) is 5.82 Å². The number of hydrogen-bond acceptors (Lipinski definition) is 2. The van der Waals surface area contributed by atoms with Gasteiger partial charge in [-0.1, -0.05) is 26.3 Å². The van der Waals surface area contributed by atoms with E-state index in [0.717, 1.165) is 18.4 Å². The molecule has 0 aromatic heterocycles. The minimum absolute atomic E-state index is 0.0704. The molecule has 0 heterocycles. The van der Waals surface area contributed by atoms with Gasteiger partial charge in [-0.2, -0.15) is 0 Å². The van der Waals surface area contributed by atoms with Gasteiger partial charge in [0.1, 0.15) is 11.6 Å². The first-order valence-corrected chi connectivity index (χ1v) is 6.92. The third-order valence-electron chi connectivity index (χ3n) is 2.79. The molecule has 4 heteroatoms. The van der Waals surface area contributed by atoms with E-state index < -0.39 is 5.97 Å². The Morgan fingerprint density at radius 1 is 1.35 bits per heavy atom. The number of allylic oxidation sites excluding steroid dienone is 1. The summed E-state index contributed by atoms with van der Waals surface area (Å²) in [6, 6.07) is 4.37. The lowest BCUT2D eigenvalue weighted by molar-refractivity contribution is -0.135. The molecule has 3 nitrogen and oxygen atoms in total. The number of ether oxygens (including phenoxy) is 1. The molecule has 0 radical (unpaired) electrons. The van der Waals surface area contributed by atoms with Crippen LogP contribution in [-0.2, 0) is 4.79 Å². The Morgan fingerprint density at radius 2 is 2.10 bits per heavy atom. The van der Waals surface area contributed by atoms with Gasteiger partial charge < -0.3 is 9.84 Å². The van der Waals surface area contributed by atoms with Crippen molar-refractivity contribution in [3.8, 4) is 5.75 Å². The Labute approximate surface area is 119 Å². The van der Waals surface area contributed by atoms with Crippen molar-refractivity contribution in [3.63, 3.8) is 0 Å². The van der Waals surface area contributed by atoms with E-state index in [1.54, 1.807) is 12.1 Å². The van der Waals surface area contributed by atoms with Crippen LogP contribution in [-0.4, -0.2) is 17.7 Å². The summed E-state index contributed by atoms with van der Waals surface area (Å²) in [4.78, 5) is 10.7. The summed E-state index contributed by atoms with van der Waals surface area (Å²) in [6.45, 7) is 4.55. The van der Waals surface area contributed by atoms with Crippen molar-refractivity contribution in [1.29, 1.82) is 0 Å². The molecule has 1 rings (SSSR count). The molecule has 0 fully saturated rings. The lowest BCUT2D eigenvalue weighted by atomic mass is 9.99. The second kappa shape index (κ2) is 8.35. The fourth-order valence-corrected chi connectivity index (χ4v) is 1.92. The molecule has 0 spiro atoms. The van der Waals surface area contributed by atoms with E-state index in [-0.39, 0.29) is 12.2 Å². The van der Waals surface area contributed by atoms with Crippen LogP contribution in [0.15, 0.2) is 24.3 Å². The van der Waals surface area contributed by atoms with Gasteiger partial charge in [0.05, 0.1) is 13.0 Å². The predicted octanol–water partition coefficient (Wildman–Crippen LogP) is 4.27. The molecule has 0 aliphatic heterocycles. The van der Waals surface area contributed by atoms with Gasteiger partial charge in [-0.05, 0) is 36.6 Å². The molecular weight excluding hydrogens is 259 g/mol. The highest BCUT2D eigenvalue weighted by atomic mass is 19.1.